The van der Waals surface area contributed by atoms with Crippen LogP contribution < -0.4 is 5.73 Å². The largest absolute Gasteiger partial charge is 0.383 e. The molecule has 0 aliphatic heterocycles. The first kappa shape index (κ1) is 31.7. The molecule has 0 atom stereocenters. The molecule has 2 N–H and O–H groups in total. The number of hydrogen-bond donors (Lipinski definition) is 1. The minimum absolute atomic E-state index is 0.486. The lowest BCUT2D eigenvalue weighted by Gasteiger charge is -2.20. The first-order valence-corrected chi connectivity index (χ1v) is 18.6. The van der Waals surface area contributed by atoms with E-state index in [2.05, 4.69) is 164 Å². The number of allylic oxidation sites excluding steroid dienone is 1. The second kappa shape index (κ2) is 13.2. The molecule has 254 valence electrons. The molecule has 0 fully saturated rings. The van der Waals surface area contributed by atoms with Crippen LogP contribution in [0.3, 0.4) is 0 Å². The number of hydrogen-bond acceptors (Lipinski definition) is 1. The lowest BCUT2D eigenvalue weighted by molar-refractivity contribution is 1.31. The molecule has 0 radical (unpaired) electrons. The van der Waals surface area contributed by atoms with Crippen LogP contribution in [0, 0.1) is 0 Å². The Hall–Kier alpha value is -7.03. The van der Waals surface area contributed by atoms with Crippen molar-refractivity contribution >= 4 is 76.2 Å². The Labute approximate surface area is 314 Å². The van der Waals surface area contributed by atoms with Crippen molar-refractivity contribution < 1.29 is 0 Å². The van der Waals surface area contributed by atoms with E-state index in [1.54, 1.807) is 0 Å². The zero-order valence-corrected chi connectivity index (χ0v) is 29.7. The first-order valence-electron chi connectivity index (χ1n) is 18.6. The molecule has 0 saturated heterocycles. The van der Waals surface area contributed by atoms with Crippen LogP contribution in [0.15, 0.2) is 199 Å². The van der Waals surface area contributed by atoms with Crippen molar-refractivity contribution in [1.82, 2.24) is 0 Å². The Morgan fingerprint density at radius 1 is 0.444 bits per heavy atom. The summed E-state index contributed by atoms with van der Waals surface area (Å²) >= 11 is 0. The lowest BCUT2D eigenvalue weighted by atomic mass is 9.85. The fraction of sp³-hybridized carbons (Fsp3) is 0.0192. The highest BCUT2D eigenvalue weighted by Gasteiger charge is 2.21. The molecule has 0 amide bonds. The van der Waals surface area contributed by atoms with Crippen LogP contribution in [0.5, 0.6) is 0 Å². The van der Waals surface area contributed by atoms with Crippen molar-refractivity contribution in [2.24, 2.45) is 10.7 Å². The number of nitrogens with two attached hydrogens (primary N) is 1. The van der Waals surface area contributed by atoms with Gasteiger partial charge in [0.2, 0.25) is 0 Å². The van der Waals surface area contributed by atoms with Crippen molar-refractivity contribution in [3.63, 3.8) is 0 Å². The highest BCUT2D eigenvalue weighted by atomic mass is 14.9. The lowest BCUT2D eigenvalue weighted by Crippen LogP contribution is -2.13. The van der Waals surface area contributed by atoms with Crippen LogP contribution in [0.25, 0.3) is 81.5 Å². The Bertz CT molecular complexity index is 3120. The van der Waals surface area contributed by atoms with Crippen molar-refractivity contribution in [2.75, 3.05) is 0 Å². The van der Waals surface area contributed by atoms with Crippen LogP contribution in [-0.4, -0.2) is 5.84 Å². The van der Waals surface area contributed by atoms with Gasteiger partial charge >= 0.3 is 0 Å². The normalized spacial score (nSPS) is 12.4. The maximum atomic E-state index is 6.98. The maximum absolute atomic E-state index is 6.98. The molecule has 10 aromatic rings. The molecule has 10 rings (SSSR count). The van der Waals surface area contributed by atoms with E-state index in [9.17, 15) is 0 Å². The van der Waals surface area contributed by atoms with Crippen LogP contribution in [-0.2, 0) is 6.42 Å². The monoisotopic (exact) mass is 688 g/mol. The molecule has 0 bridgehead atoms. The minimum Gasteiger partial charge on any atom is -0.383 e. The van der Waals surface area contributed by atoms with Gasteiger partial charge in [-0.15, -0.1) is 0 Å². The van der Waals surface area contributed by atoms with E-state index in [4.69, 9.17) is 10.7 Å². The van der Waals surface area contributed by atoms with E-state index in [1.807, 2.05) is 30.3 Å². The van der Waals surface area contributed by atoms with Gasteiger partial charge in [-0.05, 0) is 88.4 Å². The molecule has 0 spiro atoms. The summed E-state index contributed by atoms with van der Waals surface area (Å²) in [6.45, 7) is 0. The van der Waals surface area contributed by atoms with Crippen molar-refractivity contribution in [1.29, 1.82) is 0 Å². The second-order valence-corrected chi connectivity index (χ2v) is 14.0. The molecule has 2 nitrogen and oxygen atoms in total. The van der Waals surface area contributed by atoms with Gasteiger partial charge in [-0.1, -0.05) is 188 Å². The third-order valence-electron chi connectivity index (χ3n) is 10.9. The first-order chi connectivity index (χ1) is 26.7. The van der Waals surface area contributed by atoms with Gasteiger partial charge in [0.15, 0.2) is 0 Å². The summed E-state index contributed by atoms with van der Waals surface area (Å²) < 4.78 is 0. The second-order valence-electron chi connectivity index (χ2n) is 14.0. The molecule has 10 aromatic carbocycles. The van der Waals surface area contributed by atoms with Gasteiger partial charge in [-0.3, -0.25) is 0 Å². The minimum atomic E-state index is 0.486. The summed E-state index contributed by atoms with van der Waals surface area (Å²) in [6, 6.07) is 67.2. The molecule has 0 unspecified atom stereocenters. The summed E-state index contributed by atoms with van der Waals surface area (Å²) in [5.74, 6) is 0.486. The topological polar surface area (TPSA) is 38.4 Å². The SMILES string of the molecule is NC(=N/C(=C\Cc1c2ccccc2cc2c1ccc1ccccc12)c1c2ccccc2c(-c2ccccc2)c2ccc3ccccc3c12)c1ccccc1. The zero-order valence-electron chi connectivity index (χ0n) is 29.7. The predicted octanol–water partition coefficient (Wildman–Crippen LogP) is 13.3. The van der Waals surface area contributed by atoms with Crippen LogP contribution in [0.1, 0.15) is 16.7 Å². The van der Waals surface area contributed by atoms with Crippen LogP contribution in [0.2, 0.25) is 0 Å². The number of aliphatic imine (C=N–C) groups is 1. The molecule has 0 aromatic heterocycles. The Kier molecular flexibility index (Phi) is 7.74. The van der Waals surface area contributed by atoms with Crippen molar-refractivity contribution in [3.8, 4) is 11.1 Å². The summed E-state index contributed by atoms with van der Waals surface area (Å²) in [7, 11) is 0. The van der Waals surface area contributed by atoms with E-state index in [-0.39, 0.29) is 0 Å². The maximum Gasteiger partial charge on any atom is 0.131 e. The average Bonchev–Trinajstić information content (AvgIpc) is 3.24. The summed E-state index contributed by atoms with van der Waals surface area (Å²) in [6.07, 6.45) is 2.98. The third-order valence-corrected chi connectivity index (χ3v) is 10.9. The van der Waals surface area contributed by atoms with Gasteiger partial charge in [0.1, 0.15) is 5.84 Å². The summed E-state index contributed by atoms with van der Waals surface area (Å²) in [5, 5.41) is 14.6. The number of nitrogens with zero attached hydrogens (tertiary/aromatic N) is 1. The molecular formula is C52H36N2. The Morgan fingerprint density at radius 2 is 1.00 bits per heavy atom. The van der Waals surface area contributed by atoms with Gasteiger partial charge in [0.05, 0.1) is 5.70 Å². The quantitative estimate of drug-likeness (QED) is 0.0803. The van der Waals surface area contributed by atoms with E-state index in [0.717, 1.165) is 22.2 Å². The number of benzene rings is 10. The van der Waals surface area contributed by atoms with Gasteiger partial charge in [-0.2, -0.15) is 0 Å². The van der Waals surface area contributed by atoms with Crippen molar-refractivity contribution in [3.05, 3.63) is 211 Å². The summed E-state index contributed by atoms with van der Waals surface area (Å²) in [4.78, 5) is 5.41. The van der Waals surface area contributed by atoms with E-state index in [0.29, 0.717) is 12.3 Å². The van der Waals surface area contributed by atoms with E-state index >= 15 is 0 Å². The standard InChI is InChI=1S/C52H36N2/c53-52(37-19-5-2-6-20-37)54-48(32-31-42-40-23-11-9-21-38(40)33-47-39-22-10-7-15-34(39)27-29-43(42)47)51-45-26-14-13-25-44(45)49(36-17-3-1-4-18-36)46-30-28-35-16-8-12-24-41(35)50(46)51/h1-30,32-33H,31H2,(H2,53,54)/b48-32-. The highest BCUT2D eigenvalue weighted by Crippen LogP contribution is 2.45. The fourth-order valence-electron chi connectivity index (χ4n) is 8.47. The predicted molar refractivity (Wildman–Crippen MR) is 232 cm³/mol. The fourth-order valence-corrected chi connectivity index (χ4v) is 8.47. The van der Waals surface area contributed by atoms with Gasteiger partial charge in [-0.25, -0.2) is 4.99 Å². The van der Waals surface area contributed by atoms with Gasteiger partial charge in [0.25, 0.3) is 0 Å². The number of amidine groups is 1. The molecule has 0 saturated carbocycles. The summed E-state index contributed by atoms with van der Waals surface area (Å²) in [5.41, 5.74) is 13.5. The molecule has 2 heteroatoms. The Morgan fingerprint density at radius 3 is 1.74 bits per heavy atom. The highest BCUT2D eigenvalue weighted by molar-refractivity contribution is 6.26. The molecular weight excluding hydrogens is 653 g/mol. The third kappa shape index (κ3) is 5.31. The molecule has 0 aliphatic carbocycles. The van der Waals surface area contributed by atoms with Gasteiger partial charge < -0.3 is 5.73 Å². The number of fused-ring (bicyclic) bond motifs is 8. The number of rotatable bonds is 6. The molecule has 54 heavy (non-hydrogen) atoms. The average molecular weight is 689 g/mol. The Balaban J connectivity index is 1.32. The zero-order chi connectivity index (χ0) is 36.0. The molecule has 0 heterocycles. The van der Waals surface area contributed by atoms with Crippen LogP contribution >= 0.6 is 0 Å². The van der Waals surface area contributed by atoms with E-state index in [1.165, 1.54) is 75.9 Å². The molecule has 0 aliphatic rings. The van der Waals surface area contributed by atoms with Crippen molar-refractivity contribution in [2.45, 2.75) is 6.42 Å². The van der Waals surface area contributed by atoms with E-state index < -0.39 is 0 Å². The smallest absolute Gasteiger partial charge is 0.131 e. The van der Waals surface area contributed by atoms with Gasteiger partial charge in [0, 0.05) is 16.5 Å². The van der Waals surface area contributed by atoms with Crippen LogP contribution in [0.4, 0.5) is 0 Å².